The van der Waals surface area contributed by atoms with Gasteiger partial charge in [0.1, 0.15) is 5.82 Å². The van der Waals surface area contributed by atoms with Crippen LogP contribution in [-0.2, 0) is 6.54 Å². The molecule has 2 nitrogen and oxygen atoms in total. The van der Waals surface area contributed by atoms with E-state index in [4.69, 9.17) is 5.73 Å². The number of rotatable bonds is 8. The van der Waals surface area contributed by atoms with Gasteiger partial charge in [0.25, 0.3) is 0 Å². The molecule has 0 fully saturated rings. The standard InChI is InChI=1S/C14H23FN2/c1-17(10-5-3-2-4-9-16)12-13-7-6-8-14(15)11-13/h6-8,11H,2-5,9-10,12,16H2,1H3. The summed E-state index contributed by atoms with van der Waals surface area (Å²) in [4.78, 5) is 2.23. The van der Waals surface area contributed by atoms with Crippen molar-refractivity contribution in [2.45, 2.75) is 32.2 Å². The highest BCUT2D eigenvalue weighted by atomic mass is 19.1. The molecule has 0 aliphatic rings. The molecule has 0 atom stereocenters. The predicted molar refractivity (Wildman–Crippen MR) is 70.3 cm³/mol. The average Bonchev–Trinajstić information content (AvgIpc) is 2.29. The maximum Gasteiger partial charge on any atom is 0.123 e. The molecule has 0 aromatic heterocycles. The highest BCUT2D eigenvalue weighted by molar-refractivity contribution is 5.15. The first-order valence-corrected chi connectivity index (χ1v) is 6.35. The lowest BCUT2D eigenvalue weighted by atomic mass is 10.1. The summed E-state index contributed by atoms with van der Waals surface area (Å²) in [5, 5.41) is 0. The summed E-state index contributed by atoms with van der Waals surface area (Å²) in [5.74, 6) is -0.154. The number of nitrogens with zero attached hydrogens (tertiary/aromatic N) is 1. The minimum Gasteiger partial charge on any atom is -0.330 e. The smallest absolute Gasteiger partial charge is 0.123 e. The number of hydrogen-bond donors (Lipinski definition) is 1. The molecule has 0 saturated carbocycles. The van der Waals surface area contributed by atoms with Crippen molar-refractivity contribution in [1.29, 1.82) is 0 Å². The van der Waals surface area contributed by atoms with Gasteiger partial charge in [-0.25, -0.2) is 4.39 Å². The van der Waals surface area contributed by atoms with Crippen molar-refractivity contribution in [3.8, 4) is 0 Å². The fraction of sp³-hybridized carbons (Fsp3) is 0.571. The van der Waals surface area contributed by atoms with Crippen LogP contribution in [0, 0.1) is 5.82 Å². The van der Waals surface area contributed by atoms with E-state index in [1.165, 1.54) is 25.3 Å². The molecule has 0 saturated heterocycles. The summed E-state index contributed by atoms with van der Waals surface area (Å²) in [6.45, 7) is 2.66. The third-order valence-corrected chi connectivity index (χ3v) is 2.84. The fourth-order valence-electron chi connectivity index (χ4n) is 1.91. The van der Waals surface area contributed by atoms with Crippen LogP contribution in [0.15, 0.2) is 24.3 Å². The molecular weight excluding hydrogens is 215 g/mol. The van der Waals surface area contributed by atoms with Gasteiger partial charge in [-0.3, -0.25) is 0 Å². The predicted octanol–water partition coefficient (Wildman–Crippen LogP) is 2.78. The van der Waals surface area contributed by atoms with Gasteiger partial charge in [-0.05, 0) is 50.7 Å². The monoisotopic (exact) mass is 238 g/mol. The van der Waals surface area contributed by atoms with Gasteiger partial charge in [0.2, 0.25) is 0 Å². The number of benzene rings is 1. The largest absolute Gasteiger partial charge is 0.330 e. The molecule has 0 heterocycles. The van der Waals surface area contributed by atoms with Gasteiger partial charge in [0.15, 0.2) is 0 Å². The van der Waals surface area contributed by atoms with Gasteiger partial charge < -0.3 is 10.6 Å². The Morgan fingerprint density at radius 1 is 1.18 bits per heavy atom. The van der Waals surface area contributed by atoms with Crippen LogP contribution in [0.25, 0.3) is 0 Å². The highest BCUT2D eigenvalue weighted by Gasteiger charge is 2.01. The van der Waals surface area contributed by atoms with Gasteiger partial charge in [-0.1, -0.05) is 25.0 Å². The SMILES string of the molecule is CN(CCCCCCN)Cc1cccc(F)c1. The van der Waals surface area contributed by atoms with Crippen molar-refractivity contribution in [3.05, 3.63) is 35.6 Å². The lowest BCUT2D eigenvalue weighted by Gasteiger charge is -2.16. The first-order valence-electron chi connectivity index (χ1n) is 6.35. The second-order valence-electron chi connectivity index (χ2n) is 4.57. The number of hydrogen-bond acceptors (Lipinski definition) is 2. The summed E-state index contributed by atoms with van der Waals surface area (Å²) >= 11 is 0. The molecular formula is C14H23FN2. The Bertz CT molecular complexity index is 315. The van der Waals surface area contributed by atoms with Crippen molar-refractivity contribution in [3.63, 3.8) is 0 Å². The zero-order chi connectivity index (χ0) is 12.5. The molecule has 1 aromatic carbocycles. The van der Waals surface area contributed by atoms with Gasteiger partial charge >= 0.3 is 0 Å². The van der Waals surface area contributed by atoms with Crippen LogP contribution >= 0.6 is 0 Å². The van der Waals surface area contributed by atoms with E-state index in [0.717, 1.165) is 31.6 Å². The van der Waals surface area contributed by atoms with Crippen LogP contribution < -0.4 is 5.73 Å². The summed E-state index contributed by atoms with van der Waals surface area (Å²) in [6.07, 6.45) is 4.74. The normalized spacial score (nSPS) is 11.1. The van der Waals surface area contributed by atoms with E-state index in [2.05, 4.69) is 11.9 Å². The second kappa shape index (κ2) is 8.20. The maximum absolute atomic E-state index is 13.0. The Balaban J connectivity index is 2.18. The summed E-state index contributed by atoms with van der Waals surface area (Å²) in [7, 11) is 2.08. The minimum atomic E-state index is -0.154. The number of unbranched alkanes of at least 4 members (excludes halogenated alkanes) is 3. The summed E-state index contributed by atoms with van der Waals surface area (Å²) < 4.78 is 13.0. The Kier molecular flexibility index (Phi) is 6.82. The number of nitrogens with two attached hydrogens (primary N) is 1. The third-order valence-electron chi connectivity index (χ3n) is 2.84. The minimum absolute atomic E-state index is 0.154. The van der Waals surface area contributed by atoms with E-state index in [1.807, 2.05) is 6.07 Å². The molecule has 2 N–H and O–H groups in total. The van der Waals surface area contributed by atoms with Crippen molar-refractivity contribution >= 4 is 0 Å². The molecule has 1 rings (SSSR count). The van der Waals surface area contributed by atoms with Gasteiger partial charge in [0, 0.05) is 6.54 Å². The second-order valence-corrected chi connectivity index (χ2v) is 4.57. The van der Waals surface area contributed by atoms with Gasteiger partial charge in [-0.2, -0.15) is 0 Å². The van der Waals surface area contributed by atoms with Crippen LogP contribution in [0.4, 0.5) is 4.39 Å². The molecule has 0 amide bonds. The van der Waals surface area contributed by atoms with E-state index < -0.39 is 0 Å². The average molecular weight is 238 g/mol. The quantitative estimate of drug-likeness (QED) is 0.706. The first kappa shape index (κ1) is 14.1. The summed E-state index contributed by atoms with van der Waals surface area (Å²) in [5.41, 5.74) is 6.48. The van der Waals surface area contributed by atoms with E-state index in [1.54, 1.807) is 12.1 Å². The fourth-order valence-corrected chi connectivity index (χ4v) is 1.91. The molecule has 0 spiro atoms. The zero-order valence-electron chi connectivity index (χ0n) is 10.7. The topological polar surface area (TPSA) is 29.3 Å². The van der Waals surface area contributed by atoms with E-state index in [-0.39, 0.29) is 5.82 Å². The number of halogens is 1. The highest BCUT2D eigenvalue weighted by Crippen LogP contribution is 2.07. The Labute approximate surface area is 104 Å². The van der Waals surface area contributed by atoms with Crippen molar-refractivity contribution in [1.82, 2.24) is 4.90 Å². The molecule has 0 radical (unpaired) electrons. The lowest BCUT2D eigenvalue weighted by molar-refractivity contribution is 0.316. The summed E-state index contributed by atoms with van der Waals surface area (Å²) in [6, 6.07) is 6.81. The molecule has 0 bridgehead atoms. The van der Waals surface area contributed by atoms with Crippen molar-refractivity contribution < 1.29 is 4.39 Å². The molecule has 17 heavy (non-hydrogen) atoms. The van der Waals surface area contributed by atoms with Crippen molar-refractivity contribution in [2.24, 2.45) is 5.73 Å². The van der Waals surface area contributed by atoms with Crippen LogP contribution in [0.2, 0.25) is 0 Å². The van der Waals surface area contributed by atoms with Gasteiger partial charge in [-0.15, -0.1) is 0 Å². The van der Waals surface area contributed by atoms with Crippen LogP contribution in [0.3, 0.4) is 0 Å². The zero-order valence-corrected chi connectivity index (χ0v) is 10.7. The van der Waals surface area contributed by atoms with Crippen LogP contribution in [0.1, 0.15) is 31.2 Å². The van der Waals surface area contributed by atoms with Crippen molar-refractivity contribution in [2.75, 3.05) is 20.1 Å². The molecule has 1 aromatic rings. The Hall–Kier alpha value is -0.930. The molecule has 0 unspecified atom stereocenters. The maximum atomic E-state index is 13.0. The van der Waals surface area contributed by atoms with E-state index in [0.29, 0.717) is 0 Å². The van der Waals surface area contributed by atoms with Crippen LogP contribution in [-0.4, -0.2) is 25.0 Å². The molecule has 0 aliphatic carbocycles. The van der Waals surface area contributed by atoms with Crippen LogP contribution in [0.5, 0.6) is 0 Å². The Morgan fingerprint density at radius 2 is 1.94 bits per heavy atom. The molecule has 0 aliphatic heterocycles. The third kappa shape index (κ3) is 6.39. The molecule has 96 valence electrons. The Morgan fingerprint density at radius 3 is 2.65 bits per heavy atom. The van der Waals surface area contributed by atoms with E-state index >= 15 is 0 Å². The first-order chi connectivity index (χ1) is 8.22. The molecule has 3 heteroatoms. The lowest BCUT2D eigenvalue weighted by Crippen LogP contribution is -2.19. The van der Waals surface area contributed by atoms with E-state index in [9.17, 15) is 4.39 Å². The van der Waals surface area contributed by atoms with Gasteiger partial charge in [0.05, 0.1) is 0 Å².